The predicted molar refractivity (Wildman–Crippen MR) is 60.5 cm³/mol. The number of piperazine rings is 1. The van der Waals surface area contributed by atoms with Crippen LogP contribution in [-0.4, -0.2) is 35.7 Å². The van der Waals surface area contributed by atoms with Crippen LogP contribution in [0.25, 0.3) is 0 Å². The van der Waals surface area contributed by atoms with Crippen LogP contribution in [0.1, 0.15) is 10.4 Å². The van der Waals surface area contributed by atoms with Crippen LogP contribution in [0.2, 0.25) is 5.02 Å². The number of carbonyl (C=O) groups is 3. The lowest BCUT2D eigenvalue weighted by atomic mass is 10.1. The van der Waals surface area contributed by atoms with Crippen LogP contribution in [0.4, 0.5) is 4.39 Å². The molecule has 2 rings (SSSR count). The van der Waals surface area contributed by atoms with Crippen molar-refractivity contribution >= 4 is 29.3 Å². The summed E-state index contributed by atoms with van der Waals surface area (Å²) in [5, 5.41) is 2.02. The Balaban J connectivity index is 2.25. The number of nitrogens with zero attached hydrogens (tertiary/aromatic N) is 1. The summed E-state index contributed by atoms with van der Waals surface area (Å²) in [6.45, 7) is -0.448. The first-order chi connectivity index (χ1) is 8.47. The van der Waals surface area contributed by atoms with E-state index in [1.165, 1.54) is 6.07 Å². The summed E-state index contributed by atoms with van der Waals surface area (Å²) in [5.41, 5.74) is 0.0561. The van der Waals surface area contributed by atoms with Gasteiger partial charge in [-0.1, -0.05) is 11.6 Å². The summed E-state index contributed by atoms with van der Waals surface area (Å²) < 4.78 is 12.8. The lowest BCUT2D eigenvalue weighted by Crippen LogP contribution is -2.53. The topological polar surface area (TPSA) is 66.5 Å². The number of hydrogen-bond acceptors (Lipinski definition) is 3. The van der Waals surface area contributed by atoms with Gasteiger partial charge in [0.2, 0.25) is 11.8 Å². The van der Waals surface area contributed by atoms with Crippen LogP contribution >= 0.6 is 11.6 Å². The highest BCUT2D eigenvalue weighted by atomic mass is 35.5. The minimum Gasteiger partial charge on any atom is -0.320 e. The molecule has 1 aliphatic heterocycles. The fraction of sp³-hybridized carbons (Fsp3) is 0.182. The van der Waals surface area contributed by atoms with Crippen molar-refractivity contribution in [3.05, 3.63) is 34.6 Å². The minimum atomic E-state index is -0.580. The van der Waals surface area contributed by atoms with Crippen LogP contribution < -0.4 is 5.32 Å². The van der Waals surface area contributed by atoms with Crippen molar-refractivity contribution in [1.29, 1.82) is 0 Å². The highest BCUT2D eigenvalue weighted by Crippen LogP contribution is 2.19. The zero-order valence-corrected chi connectivity index (χ0v) is 9.83. The Kier molecular flexibility index (Phi) is 3.29. The highest BCUT2D eigenvalue weighted by Gasteiger charge is 2.28. The summed E-state index contributed by atoms with van der Waals surface area (Å²) in [4.78, 5) is 35.3. The molecule has 1 fully saturated rings. The van der Waals surface area contributed by atoms with Gasteiger partial charge in [-0.25, -0.2) is 4.39 Å². The van der Waals surface area contributed by atoms with E-state index in [0.717, 1.165) is 17.0 Å². The van der Waals surface area contributed by atoms with E-state index in [-0.39, 0.29) is 23.7 Å². The molecule has 1 aromatic carbocycles. The van der Waals surface area contributed by atoms with Gasteiger partial charge >= 0.3 is 0 Å². The van der Waals surface area contributed by atoms with Crippen molar-refractivity contribution in [2.24, 2.45) is 0 Å². The van der Waals surface area contributed by atoms with Crippen LogP contribution in [0.15, 0.2) is 18.2 Å². The summed E-state index contributed by atoms with van der Waals surface area (Å²) in [6, 6.07) is 3.31. The third-order valence-electron chi connectivity index (χ3n) is 2.40. The Morgan fingerprint density at radius 1 is 1.28 bits per heavy atom. The Labute approximate surface area is 107 Å². The van der Waals surface area contributed by atoms with Crippen molar-refractivity contribution in [2.75, 3.05) is 13.1 Å². The van der Waals surface area contributed by atoms with E-state index in [1.54, 1.807) is 0 Å². The number of rotatable bonds is 1. The number of amides is 3. The Bertz CT molecular complexity index is 531. The Hall–Kier alpha value is -1.95. The van der Waals surface area contributed by atoms with Gasteiger partial charge in [-0.2, -0.15) is 0 Å². The first-order valence-electron chi connectivity index (χ1n) is 5.04. The quantitative estimate of drug-likeness (QED) is 0.759. The van der Waals surface area contributed by atoms with E-state index in [1.807, 2.05) is 0 Å². The van der Waals surface area contributed by atoms with Gasteiger partial charge in [0.25, 0.3) is 5.91 Å². The molecule has 1 aliphatic rings. The van der Waals surface area contributed by atoms with Crippen molar-refractivity contribution < 1.29 is 18.8 Å². The number of carbonyl (C=O) groups excluding carboxylic acids is 3. The zero-order chi connectivity index (χ0) is 13.3. The SMILES string of the molecule is O=C1CN(C(=O)c2ccc(F)cc2Cl)CC(=O)N1. The van der Waals surface area contributed by atoms with E-state index in [4.69, 9.17) is 11.6 Å². The molecule has 0 radical (unpaired) electrons. The molecule has 0 unspecified atom stereocenters. The molecule has 1 saturated heterocycles. The molecule has 0 atom stereocenters. The zero-order valence-electron chi connectivity index (χ0n) is 9.07. The van der Waals surface area contributed by atoms with Crippen molar-refractivity contribution in [2.45, 2.75) is 0 Å². The van der Waals surface area contributed by atoms with Crippen LogP contribution in [0.3, 0.4) is 0 Å². The molecule has 1 aromatic rings. The smallest absolute Gasteiger partial charge is 0.256 e. The molecule has 3 amide bonds. The largest absolute Gasteiger partial charge is 0.320 e. The normalized spacial score (nSPS) is 15.6. The number of benzene rings is 1. The first-order valence-corrected chi connectivity index (χ1v) is 5.42. The molecular weight excluding hydrogens is 263 g/mol. The third-order valence-corrected chi connectivity index (χ3v) is 2.71. The van der Waals surface area contributed by atoms with E-state index in [2.05, 4.69) is 5.32 Å². The molecule has 7 heteroatoms. The maximum Gasteiger partial charge on any atom is 0.256 e. The molecule has 0 saturated carbocycles. The van der Waals surface area contributed by atoms with Gasteiger partial charge in [-0.3, -0.25) is 19.7 Å². The summed E-state index contributed by atoms with van der Waals surface area (Å²) in [5.74, 6) is -2.26. The molecule has 1 N–H and O–H groups in total. The van der Waals surface area contributed by atoms with Crippen molar-refractivity contribution in [3.8, 4) is 0 Å². The van der Waals surface area contributed by atoms with Gasteiger partial charge in [0, 0.05) is 0 Å². The average Bonchev–Trinajstić information content (AvgIpc) is 2.26. The summed E-state index contributed by atoms with van der Waals surface area (Å²) in [6.07, 6.45) is 0. The number of halogens is 2. The lowest BCUT2D eigenvalue weighted by Gasteiger charge is -2.25. The lowest BCUT2D eigenvalue weighted by molar-refractivity contribution is -0.135. The van der Waals surface area contributed by atoms with E-state index in [0.29, 0.717) is 0 Å². The van der Waals surface area contributed by atoms with Gasteiger partial charge in [-0.05, 0) is 18.2 Å². The van der Waals surface area contributed by atoms with Crippen molar-refractivity contribution in [3.63, 3.8) is 0 Å². The number of hydrogen-bond donors (Lipinski definition) is 1. The van der Waals surface area contributed by atoms with E-state index < -0.39 is 23.5 Å². The van der Waals surface area contributed by atoms with Gasteiger partial charge < -0.3 is 4.90 Å². The number of nitrogens with one attached hydrogen (secondary N) is 1. The Morgan fingerprint density at radius 3 is 2.44 bits per heavy atom. The molecule has 1 heterocycles. The Morgan fingerprint density at radius 2 is 1.89 bits per heavy atom. The van der Waals surface area contributed by atoms with Gasteiger partial charge in [0.1, 0.15) is 18.9 Å². The molecular formula is C11H8ClFN2O3. The molecule has 5 nitrogen and oxygen atoms in total. The predicted octanol–water partition coefficient (Wildman–Crippen LogP) is 0.578. The maximum atomic E-state index is 12.8. The van der Waals surface area contributed by atoms with E-state index >= 15 is 0 Å². The molecule has 0 aliphatic carbocycles. The molecule has 94 valence electrons. The monoisotopic (exact) mass is 270 g/mol. The third kappa shape index (κ3) is 2.48. The summed E-state index contributed by atoms with van der Waals surface area (Å²) in [7, 11) is 0. The second-order valence-corrected chi connectivity index (χ2v) is 4.16. The summed E-state index contributed by atoms with van der Waals surface area (Å²) >= 11 is 5.74. The first kappa shape index (κ1) is 12.5. The molecule has 0 spiro atoms. The highest BCUT2D eigenvalue weighted by molar-refractivity contribution is 6.34. The van der Waals surface area contributed by atoms with Crippen molar-refractivity contribution in [1.82, 2.24) is 10.2 Å². The minimum absolute atomic E-state index is 0.0561. The van der Waals surface area contributed by atoms with Gasteiger partial charge in [-0.15, -0.1) is 0 Å². The average molecular weight is 271 g/mol. The fourth-order valence-electron chi connectivity index (χ4n) is 1.61. The fourth-order valence-corrected chi connectivity index (χ4v) is 1.86. The molecule has 18 heavy (non-hydrogen) atoms. The second-order valence-electron chi connectivity index (χ2n) is 3.76. The number of imide groups is 1. The van der Waals surface area contributed by atoms with Crippen LogP contribution in [-0.2, 0) is 9.59 Å². The van der Waals surface area contributed by atoms with E-state index in [9.17, 15) is 18.8 Å². The van der Waals surface area contributed by atoms with Crippen LogP contribution in [0, 0.1) is 5.82 Å². The standard InChI is InChI=1S/C11H8ClFN2O3/c12-8-3-6(13)1-2-7(8)11(18)15-4-9(16)14-10(17)5-15/h1-3H,4-5H2,(H,14,16,17). The van der Waals surface area contributed by atoms with Gasteiger partial charge in [0.15, 0.2) is 0 Å². The maximum absolute atomic E-state index is 12.8. The van der Waals surface area contributed by atoms with Crippen LogP contribution in [0.5, 0.6) is 0 Å². The second kappa shape index (κ2) is 4.73. The molecule has 0 bridgehead atoms. The molecule has 0 aromatic heterocycles. The van der Waals surface area contributed by atoms with Gasteiger partial charge in [0.05, 0.1) is 10.6 Å².